The van der Waals surface area contributed by atoms with Gasteiger partial charge in [0.05, 0.1) is 6.04 Å². The van der Waals surface area contributed by atoms with Crippen molar-refractivity contribution in [2.75, 3.05) is 13.1 Å². The first-order chi connectivity index (χ1) is 18.0. The maximum absolute atomic E-state index is 13.6. The molecule has 1 fully saturated rings. The highest BCUT2D eigenvalue weighted by molar-refractivity contribution is 5.94. The van der Waals surface area contributed by atoms with Crippen molar-refractivity contribution < 1.29 is 24.3 Å². The predicted octanol–water partition coefficient (Wildman–Crippen LogP) is -0.299. The summed E-state index contributed by atoms with van der Waals surface area (Å²) in [5.74, 6) is -2.74. The average Bonchev–Trinajstić information content (AvgIpc) is 3.39. The summed E-state index contributed by atoms with van der Waals surface area (Å²) in [5, 5.41) is 15.0. The second-order valence-electron chi connectivity index (χ2n) is 9.70. The number of carbonyl (C=O) groups excluding carboxylic acids is 3. The summed E-state index contributed by atoms with van der Waals surface area (Å²) < 4.78 is 0. The van der Waals surface area contributed by atoms with Crippen molar-refractivity contribution in [3.63, 3.8) is 0 Å². The Bertz CT molecular complexity index is 983. The molecule has 5 unspecified atom stereocenters. The number of aliphatic imine (C=N–C) groups is 1. The van der Waals surface area contributed by atoms with Gasteiger partial charge >= 0.3 is 5.97 Å². The number of benzene rings is 1. The number of likely N-dealkylation sites (tertiary alicyclic amines) is 1. The van der Waals surface area contributed by atoms with Gasteiger partial charge in [-0.25, -0.2) is 4.79 Å². The summed E-state index contributed by atoms with van der Waals surface area (Å²) in [6.07, 6.45) is 2.41. The number of carboxylic acids is 1. The Kier molecular flexibility index (Phi) is 12.0. The van der Waals surface area contributed by atoms with Crippen molar-refractivity contribution in [1.29, 1.82) is 0 Å². The molecule has 38 heavy (non-hydrogen) atoms. The van der Waals surface area contributed by atoms with E-state index in [0.717, 1.165) is 5.56 Å². The zero-order chi connectivity index (χ0) is 28.2. The summed E-state index contributed by atoms with van der Waals surface area (Å²) in [7, 11) is 0. The Morgan fingerprint density at radius 2 is 1.82 bits per heavy atom. The Morgan fingerprint density at radius 1 is 1.13 bits per heavy atom. The van der Waals surface area contributed by atoms with Crippen LogP contribution < -0.4 is 27.8 Å². The topological polar surface area (TPSA) is 206 Å². The Balaban J connectivity index is 2.15. The molecule has 12 heteroatoms. The lowest BCUT2D eigenvalue weighted by Gasteiger charge is -2.30. The quantitative estimate of drug-likeness (QED) is 0.106. The van der Waals surface area contributed by atoms with Crippen LogP contribution in [-0.4, -0.2) is 76.9 Å². The normalized spacial score (nSPS) is 18.1. The second-order valence-corrected chi connectivity index (χ2v) is 9.70. The molecule has 0 radical (unpaired) electrons. The van der Waals surface area contributed by atoms with Gasteiger partial charge in [-0.15, -0.1) is 0 Å². The maximum Gasteiger partial charge on any atom is 0.326 e. The SMILES string of the molecule is CCC(C)C(N)C(=O)NC(CCCN=C(N)N)C(=O)N1CCCC1C(=O)NC(Cc1ccccc1)C(=O)O. The number of rotatable bonds is 14. The molecule has 5 atom stereocenters. The number of carbonyl (C=O) groups is 4. The monoisotopic (exact) mass is 531 g/mol. The molecule has 12 nitrogen and oxygen atoms in total. The molecule has 0 aliphatic carbocycles. The molecule has 210 valence electrons. The van der Waals surface area contributed by atoms with Gasteiger partial charge in [0.2, 0.25) is 17.7 Å². The van der Waals surface area contributed by atoms with Crippen molar-refractivity contribution in [2.24, 2.45) is 28.1 Å². The summed E-state index contributed by atoms with van der Waals surface area (Å²) in [6, 6.07) is 5.26. The number of amides is 3. The Hall–Kier alpha value is -3.67. The van der Waals surface area contributed by atoms with E-state index in [4.69, 9.17) is 17.2 Å². The summed E-state index contributed by atoms with van der Waals surface area (Å²) in [6.45, 7) is 4.36. The molecule has 1 saturated heterocycles. The lowest BCUT2D eigenvalue weighted by atomic mass is 9.98. The van der Waals surface area contributed by atoms with Gasteiger partial charge in [0.15, 0.2) is 5.96 Å². The Labute approximate surface area is 223 Å². The van der Waals surface area contributed by atoms with Crippen LogP contribution in [0, 0.1) is 5.92 Å². The molecule has 0 bridgehead atoms. The van der Waals surface area contributed by atoms with Gasteiger partial charge in [-0.3, -0.25) is 19.4 Å². The third-order valence-electron chi connectivity index (χ3n) is 6.86. The second kappa shape index (κ2) is 14.9. The molecule has 0 spiro atoms. The number of carboxylic acid groups (broad SMARTS) is 1. The minimum Gasteiger partial charge on any atom is -0.480 e. The van der Waals surface area contributed by atoms with Crippen LogP contribution in [0.4, 0.5) is 0 Å². The highest BCUT2D eigenvalue weighted by Gasteiger charge is 2.39. The summed E-state index contributed by atoms with van der Waals surface area (Å²) >= 11 is 0. The highest BCUT2D eigenvalue weighted by Crippen LogP contribution is 2.20. The number of nitrogens with zero attached hydrogens (tertiary/aromatic N) is 2. The first-order valence-electron chi connectivity index (χ1n) is 13.0. The van der Waals surface area contributed by atoms with Crippen molar-refractivity contribution in [3.8, 4) is 0 Å². The van der Waals surface area contributed by atoms with Crippen LogP contribution in [-0.2, 0) is 25.6 Å². The van der Waals surface area contributed by atoms with E-state index >= 15 is 0 Å². The van der Waals surface area contributed by atoms with Gasteiger partial charge in [-0.2, -0.15) is 0 Å². The molecule has 1 heterocycles. The summed E-state index contributed by atoms with van der Waals surface area (Å²) in [4.78, 5) is 56.7. The predicted molar refractivity (Wildman–Crippen MR) is 144 cm³/mol. The van der Waals surface area contributed by atoms with Gasteiger partial charge < -0.3 is 37.8 Å². The van der Waals surface area contributed by atoms with E-state index in [0.29, 0.717) is 32.2 Å². The molecule has 1 aliphatic heterocycles. The van der Waals surface area contributed by atoms with Crippen molar-refractivity contribution in [3.05, 3.63) is 35.9 Å². The molecular formula is C26H41N7O5. The number of aliphatic carboxylic acids is 1. The zero-order valence-corrected chi connectivity index (χ0v) is 22.1. The van der Waals surface area contributed by atoms with Crippen molar-refractivity contribution in [1.82, 2.24) is 15.5 Å². The molecule has 1 aliphatic rings. The van der Waals surface area contributed by atoms with E-state index in [1.54, 1.807) is 24.3 Å². The number of nitrogens with two attached hydrogens (primary N) is 3. The van der Waals surface area contributed by atoms with Gasteiger partial charge in [0, 0.05) is 19.5 Å². The molecular weight excluding hydrogens is 490 g/mol. The summed E-state index contributed by atoms with van der Waals surface area (Å²) in [5.41, 5.74) is 17.6. The highest BCUT2D eigenvalue weighted by atomic mass is 16.4. The molecule has 3 amide bonds. The smallest absolute Gasteiger partial charge is 0.326 e. The van der Waals surface area contributed by atoms with Gasteiger partial charge in [0.1, 0.15) is 18.1 Å². The van der Waals surface area contributed by atoms with Crippen LogP contribution in [0.1, 0.15) is 51.5 Å². The third-order valence-corrected chi connectivity index (χ3v) is 6.86. The number of nitrogens with one attached hydrogen (secondary N) is 2. The standard InChI is InChI=1S/C26H41N7O5/c1-3-16(2)21(27)23(35)31-18(11-7-13-30-26(28)29)24(36)33-14-8-12-20(33)22(34)32-19(25(37)38)15-17-9-5-4-6-10-17/h4-6,9-10,16,18-21H,3,7-8,11-15,27H2,1-2H3,(H,31,35)(H,32,34)(H,37,38)(H4,28,29,30). The fraction of sp³-hybridized carbons (Fsp3) is 0.577. The maximum atomic E-state index is 13.6. The number of hydrogen-bond acceptors (Lipinski definition) is 6. The molecule has 0 aromatic heterocycles. The number of guanidine groups is 1. The van der Waals surface area contributed by atoms with Crippen molar-refractivity contribution in [2.45, 2.75) is 76.5 Å². The minimum atomic E-state index is -1.16. The molecule has 1 aromatic rings. The number of hydrogen-bond donors (Lipinski definition) is 6. The third kappa shape index (κ3) is 9.02. The largest absolute Gasteiger partial charge is 0.480 e. The first-order valence-corrected chi connectivity index (χ1v) is 13.0. The van der Waals surface area contributed by atoms with Crippen molar-refractivity contribution >= 4 is 29.7 Å². The van der Waals surface area contributed by atoms with Crippen LogP contribution in [0.2, 0.25) is 0 Å². The minimum absolute atomic E-state index is 0.0736. The molecule has 1 aromatic carbocycles. The lowest BCUT2D eigenvalue weighted by Crippen LogP contribution is -2.57. The van der Waals surface area contributed by atoms with Crippen LogP contribution in [0.5, 0.6) is 0 Å². The van der Waals surface area contributed by atoms with E-state index in [1.165, 1.54) is 4.90 Å². The fourth-order valence-electron chi connectivity index (χ4n) is 4.36. The van der Waals surface area contributed by atoms with E-state index in [1.807, 2.05) is 19.9 Å². The van der Waals surface area contributed by atoms with Crippen LogP contribution in [0.25, 0.3) is 0 Å². The molecule has 9 N–H and O–H groups in total. The van der Waals surface area contributed by atoms with Gasteiger partial charge in [0.25, 0.3) is 0 Å². The van der Waals surface area contributed by atoms with Crippen LogP contribution in [0.15, 0.2) is 35.3 Å². The average molecular weight is 532 g/mol. The Morgan fingerprint density at radius 3 is 2.42 bits per heavy atom. The van der Waals surface area contributed by atoms with E-state index in [-0.39, 0.29) is 31.3 Å². The zero-order valence-electron chi connectivity index (χ0n) is 22.1. The van der Waals surface area contributed by atoms with E-state index in [2.05, 4.69) is 15.6 Å². The van der Waals surface area contributed by atoms with Crippen LogP contribution >= 0.6 is 0 Å². The first kappa shape index (κ1) is 30.6. The van der Waals surface area contributed by atoms with Gasteiger partial charge in [-0.05, 0) is 37.2 Å². The lowest BCUT2D eigenvalue weighted by molar-refractivity contribution is -0.145. The fourth-order valence-corrected chi connectivity index (χ4v) is 4.36. The molecule has 0 saturated carbocycles. The van der Waals surface area contributed by atoms with Gasteiger partial charge in [-0.1, -0.05) is 50.6 Å². The van der Waals surface area contributed by atoms with E-state index in [9.17, 15) is 24.3 Å². The molecule has 2 rings (SSSR count). The van der Waals surface area contributed by atoms with Crippen LogP contribution in [0.3, 0.4) is 0 Å². The van der Waals surface area contributed by atoms with E-state index < -0.39 is 47.9 Å².